The van der Waals surface area contributed by atoms with E-state index in [2.05, 4.69) is 12.1 Å². The molecule has 0 aromatic heterocycles. The summed E-state index contributed by atoms with van der Waals surface area (Å²) in [7, 11) is 0. The number of rotatable bonds is 4. The molecule has 0 aliphatic heterocycles. The molecule has 104 valence electrons. The third-order valence-corrected chi connectivity index (χ3v) is 5.42. The first-order valence-electron chi connectivity index (χ1n) is 8.11. The Morgan fingerprint density at radius 2 is 1.32 bits per heavy atom. The molecule has 3 rings (SSSR count). The molecule has 0 saturated heterocycles. The lowest BCUT2D eigenvalue weighted by atomic mass is 9.76. The molecule has 1 aromatic rings. The minimum atomic E-state index is 0.391. The van der Waals surface area contributed by atoms with Gasteiger partial charge in [0.05, 0.1) is 0 Å². The third-order valence-electron chi connectivity index (χ3n) is 5.42. The van der Waals surface area contributed by atoms with E-state index in [9.17, 15) is 5.11 Å². The zero-order valence-corrected chi connectivity index (χ0v) is 11.9. The zero-order valence-electron chi connectivity index (χ0n) is 11.9. The average molecular weight is 258 g/mol. The van der Waals surface area contributed by atoms with Gasteiger partial charge in [-0.15, -0.1) is 0 Å². The van der Waals surface area contributed by atoms with E-state index in [4.69, 9.17) is 0 Å². The van der Waals surface area contributed by atoms with Crippen LogP contribution in [-0.2, 0) is 6.42 Å². The molecule has 0 spiro atoms. The standard InChI is InChI=1S/C18H26O/c19-17-11-9-14(10-12-17)13-18(15-5-1-2-6-15)16-7-3-4-8-16/h9-12,15-16,18-19H,1-8,13H2. The largest absolute Gasteiger partial charge is 0.508 e. The summed E-state index contributed by atoms with van der Waals surface area (Å²) < 4.78 is 0. The van der Waals surface area contributed by atoms with Gasteiger partial charge in [0.2, 0.25) is 0 Å². The lowest BCUT2D eigenvalue weighted by molar-refractivity contribution is 0.229. The smallest absolute Gasteiger partial charge is 0.115 e. The molecule has 0 heterocycles. The Bertz CT molecular complexity index is 367. The van der Waals surface area contributed by atoms with Crippen molar-refractivity contribution in [2.24, 2.45) is 17.8 Å². The molecule has 0 amide bonds. The quantitative estimate of drug-likeness (QED) is 0.811. The molecule has 1 N–H and O–H groups in total. The first kappa shape index (κ1) is 13.0. The fourth-order valence-corrected chi connectivity index (χ4v) is 4.39. The molecule has 0 atom stereocenters. The highest BCUT2D eigenvalue weighted by Gasteiger charge is 2.32. The molecule has 19 heavy (non-hydrogen) atoms. The van der Waals surface area contributed by atoms with Gasteiger partial charge in [-0.25, -0.2) is 0 Å². The molecule has 2 aliphatic rings. The van der Waals surface area contributed by atoms with Crippen molar-refractivity contribution in [2.75, 3.05) is 0 Å². The summed E-state index contributed by atoms with van der Waals surface area (Å²) in [5.74, 6) is 3.23. The predicted molar refractivity (Wildman–Crippen MR) is 79.2 cm³/mol. The van der Waals surface area contributed by atoms with Crippen LogP contribution in [0.1, 0.15) is 56.9 Å². The van der Waals surface area contributed by atoms with Crippen LogP contribution in [0.4, 0.5) is 0 Å². The van der Waals surface area contributed by atoms with Crippen molar-refractivity contribution in [1.82, 2.24) is 0 Å². The second kappa shape index (κ2) is 5.98. The topological polar surface area (TPSA) is 20.2 Å². The molecule has 1 aromatic carbocycles. The monoisotopic (exact) mass is 258 g/mol. The second-order valence-corrected chi connectivity index (χ2v) is 6.62. The molecule has 2 saturated carbocycles. The lowest BCUT2D eigenvalue weighted by Crippen LogP contribution is -2.22. The van der Waals surface area contributed by atoms with Crippen molar-refractivity contribution < 1.29 is 5.11 Å². The number of benzene rings is 1. The number of phenolic OH excluding ortho intramolecular Hbond substituents is 1. The summed E-state index contributed by atoms with van der Waals surface area (Å²) in [6, 6.07) is 7.92. The van der Waals surface area contributed by atoms with E-state index in [1.807, 2.05) is 12.1 Å². The highest BCUT2D eigenvalue weighted by molar-refractivity contribution is 5.26. The van der Waals surface area contributed by atoms with Crippen LogP contribution in [0.15, 0.2) is 24.3 Å². The number of hydrogen-bond acceptors (Lipinski definition) is 1. The van der Waals surface area contributed by atoms with E-state index in [0.29, 0.717) is 5.75 Å². The van der Waals surface area contributed by atoms with E-state index in [1.165, 1.54) is 63.4 Å². The van der Waals surface area contributed by atoms with Crippen LogP contribution in [0.2, 0.25) is 0 Å². The number of aromatic hydroxyl groups is 1. The van der Waals surface area contributed by atoms with Crippen molar-refractivity contribution in [3.05, 3.63) is 29.8 Å². The fraction of sp³-hybridized carbons (Fsp3) is 0.667. The van der Waals surface area contributed by atoms with E-state index in [-0.39, 0.29) is 0 Å². The van der Waals surface area contributed by atoms with Gasteiger partial charge in [0.15, 0.2) is 0 Å². The summed E-state index contributed by atoms with van der Waals surface area (Å²) in [5, 5.41) is 9.41. The van der Waals surface area contributed by atoms with Gasteiger partial charge in [0, 0.05) is 0 Å². The summed E-state index contributed by atoms with van der Waals surface area (Å²) in [6.07, 6.45) is 12.9. The van der Waals surface area contributed by atoms with Crippen LogP contribution < -0.4 is 0 Å². The summed E-state index contributed by atoms with van der Waals surface area (Å²) >= 11 is 0. The van der Waals surface area contributed by atoms with Crippen molar-refractivity contribution >= 4 is 0 Å². The van der Waals surface area contributed by atoms with Gasteiger partial charge in [-0.3, -0.25) is 0 Å². The first-order chi connectivity index (χ1) is 9.33. The molecular weight excluding hydrogens is 232 g/mol. The molecule has 0 radical (unpaired) electrons. The highest BCUT2D eigenvalue weighted by Crippen LogP contribution is 2.43. The zero-order chi connectivity index (χ0) is 13.1. The SMILES string of the molecule is Oc1ccc(CC(C2CCCC2)C2CCCC2)cc1. The molecule has 2 aliphatic carbocycles. The van der Waals surface area contributed by atoms with Gasteiger partial charge in [-0.05, 0) is 41.9 Å². The normalized spacial score (nSPS) is 21.5. The lowest BCUT2D eigenvalue weighted by Gasteiger charge is -2.29. The van der Waals surface area contributed by atoms with Crippen LogP contribution in [0.5, 0.6) is 5.75 Å². The minimum absolute atomic E-state index is 0.391. The van der Waals surface area contributed by atoms with Crippen molar-refractivity contribution in [3.8, 4) is 5.75 Å². The van der Waals surface area contributed by atoms with Crippen LogP contribution >= 0.6 is 0 Å². The van der Waals surface area contributed by atoms with Gasteiger partial charge in [0.1, 0.15) is 5.75 Å². The molecule has 0 unspecified atom stereocenters. The van der Waals surface area contributed by atoms with Crippen LogP contribution in [0, 0.1) is 17.8 Å². The van der Waals surface area contributed by atoms with E-state index in [0.717, 1.165) is 17.8 Å². The van der Waals surface area contributed by atoms with E-state index in [1.54, 1.807) is 0 Å². The van der Waals surface area contributed by atoms with E-state index >= 15 is 0 Å². The van der Waals surface area contributed by atoms with Gasteiger partial charge in [-0.1, -0.05) is 63.5 Å². The van der Waals surface area contributed by atoms with Crippen LogP contribution in [-0.4, -0.2) is 5.11 Å². The van der Waals surface area contributed by atoms with Crippen molar-refractivity contribution in [1.29, 1.82) is 0 Å². The Morgan fingerprint density at radius 3 is 1.79 bits per heavy atom. The van der Waals surface area contributed by atoms with Gasteiger partial charge in [-0.2, -0.15) is 0 Å². The van der Waals surface area contributed by atoms with Gasteiger partial charge in [0.25, 0.3) is 0 Å². The fourth-order valence-electron chi connectivity index (χ4n) is 4.39. The Balaban J connectivity index is 1.72. The summed E-state index contributed by atoms with van der Waals surface area (Å²) in [6.45, 7) is 0. The molecular formula is C18H26O. The maximum absolute atomic E-state index is 9.41. The van der Waals surface area contributed by atoms with Crippen LogP contribution in [0.25, 0.3) is 0 Å². The van der Waals surface area contributed by atoms with Crippen molar-refractivity contribution in [2.45, 2.75) is 57.8 Å². The van der Waals surface area contributed by atoms with Gasteiger partial charge < -0.3 is 5.11 Å². The Labute approximate surface area is 117 Å². The second-order valence-electron chi connectivity index (χ2n) is 6.62. The summed E-state index contributed by atoms with van der Waals surface area (Å²) in [4.78, 5) is 0. The Morgan fingerprint density at radius 1 is 0.842 bits per heavy atom. The first-order valence-corrected chi connectivity index (χ1v) is 8.11. The van der Waals surface area contributed by atoms with Crippen molar-refractivity contribution in [3.63, 3.8) is 0 Å². The maximum atomic E-state index is 9.41. The average Bonchev–Trinajstić information content (AvgIpc) is 3.11. The minimum Gasteiger partial charge on any atom is -0.508 e. The Hall–Kier alpha value is -0.980. The maximum Gasteiger partial charge on any atom is 0.115 e. The molecule has 1 nitrogen and oxygen atoms in total. The number of hydrogen-bond donors (Lipinski definition) is 1. The number of phenols is 1. The summed E-state index contributed by atoms with van der Waals surface area (Å²) in [5.41, 5.74) is 1.42. The molecule has 1 heteroatoms. The predicted octanol–water partition coefficient (Wildman–Crippen LogP) is 4.93. The molecule has 2 fully saturated rings. The van der Waals surface area contributed by atoms with Crippen LogP contribution in [0.3, 0.4) is 0 Å². The molecule has 0 bridgehead atoms. The Kier molecular flexibility index (Phi) is 4.10. The third kappa shape index (κ3) is 3.13. The van der Waals surface area contributed by atoms with E-state index < -0.39 is 0 Å². The van der Waals surface area contributed by atoms with Gasteiger partial charge >= 0.3 is 0 Å². The highest BCUT2D eigenvalue weighted by atomic mass is 16.3.